The van der Waals surface area contributed by atoms with Crippen LogP contribution in [0.25, 0.3) is 117 Å². The van der Waals surface area contributed by atoms with Crippen LogP contribution in [0.2, 0.25) is 0 Å². The quantitative estimate of drug-likeness (QED) is 0.162. The number of anilines is 3. The molecule has 3 aliphatic rings. The third kappa shape index (κ3) is 7.41. The number of nitrogens with zero attached hydrogens (tertiary/aromatic N) is 7. The van der Waals surface area contributed by atoms with E-state index in [1.165, 1.54) is 55.3 Å². The molecule has 12 aromatic carbocycles. The number of para-hydroxylation sites is 1. The summed E-state index contributed by atoms with van der Waals surface area (Å²) >= 11 is 0. The standard InChI is InChI=1S/C79H50N8/c1-6-23-50(24-7-1)71-72-76(83-77(53-29-12-4-13-30-53)86(72)57-31-14-5-15-32-57)82-75(80-71)56-39-43-62-61-42-38-55(47-66(61)79(67(62)48-56)64-36-20-18-34-59(64)60-35-19-21-37-65(60)79)54-41-44-68-63(46-54)70-58-33-17-16-22-49(58)40-45-69(70)87(68)78-84-73(51-25-8-2-9-26-51)81-74(85-78)52-27-10-3-11-28-52/h1-48,77H,(H,80,82,83). The Morgan fingerprint density at radius 3 is 1.52 bits per heavy atom. The van der Waals surface area contributed by atoms with E-state index in [0.717, 1.165) is 83.6 Å². The van der Waals surface area contributed by atoms with E-state index in [4.69, 9.17) is 24.9 Å². The Bertz CT molecular complexity index is 5160. The van der Waals surface area contributed by atoms with Crippen LogP contribution in [0.3, 0.4) is 0 Å². The second-order valence-electron chi connectivity index (χ2n) is 22.7. The van der Waals surface area contributed by atoms with Gasteiger partial charge in [-0.15, -0.1) is 0 Å². The molecular weight excluding hydrogens is 1060 g/mol. The zero-order chi connectivity index (χ0) is 57.2. The molecule has 0 saturated heterocycles. The van der Waals surface area contributed by atoms with Gasteiger partial charge in [-0.2, -0.15) is 9.97 Å². The predicted octanol–water partition coefficient (Wildman–Crippen LogP) is 18.9. The van der Waals surface area contributed by atoms with Crippen molar-refractivity contribution < 1.29 is 0 Å². The van der Waals surface area contributed by atoms with Gasteiger partial charge >= 0.3 is 0 Å². The normalized spacial score (nSPS) is 14.0. The van der Waals surface area contributed by atoms with Crippen molar-refractivity contribution in [3.8, 4) is 84.7 Å². The van der Waals surface area contributed by atoms with Crippen LogP contribution in [-0.2, 0) is 5.41 Å². The van der Waals surface area contributed by atoms with Gasteiger partial charge < -0.3 is 10.2 Å². The topological polar surface area (TPSA) is 84.7 Å². The highest BCUT2D eigenvalue weighted by molar-refractivity contribution is 6.22. The largest absolute Gasteiger partial charge is 0.344 e. The van der Waals surface area contributed by atoms with Crippen molar-refractivity contribution in [2.24, 2.45) is 0 Å². The zero-order valence-electron chi connectivity index (χ0n) is 46.9. The van der Waals surface area contributed by atoms with Gasteiger partial charge in [0.05, 0.1) is 16.4 Å². The van der Waals surface area contributed by atoms with Crippen LogP contribution in [0.15, 0.2) is 291 Å². The van der Waals surface area contributed by atoms with Crippen molar-refractivity contribution in [1.29, 1.82) is 0 Å². The number of rotatable bonds is 8. The third-order valence-corrected chi connectivity index (χ3v) is 18.1. The first-order valence-corrected chi connectivity index (χ1v) is 29.6. The Morgan fingerprint density at radius 2 is 0.851 bits per heavy atom. The smallest absolute Gasteiger partial charge is 0.238 e. The molecule has 0 bridgehead atoms. The summed E-state index contributed by atoms with van der Waals surface area (Å²) in [6.07, 6.45) is -0.218. The maximum absolute atomic E-state index is 5.64. The van der Waals surface area contributed by atoms with Gasteiger partial charge in [-0.1, -0.05) is 249 Å². The van der Waals surface area contributed by atoms with Gasteiger partial charge in [-0.05, 0) is 114 Å². The van der Waals surface area contributed by atoms with Crippen molar-refractivity contribution in [3.05, 3.63) is 319 Å². The fourth-order valence-corrected chi connectivity index (χ4v) is 14.3. The summed E-state index contributed by atoms with van der Waals surface area (Å²) in [4.78, 5) is 29.2. The summed E-state index contributed by atoms with van der Waals surface area (Å²) in [5.41, 5.74) is 21.3. The molecule has 0 amide bonds. The molecule has 15 aromatic rings. The molecule has 1 unspecified atom stereocenters. The molecule has 1 N–H and O–H groups in total. The van der Waals surface area contributed by atoms with Crippen LogP contribution in [0.1, 0.15) is 34.0 Å². The predicted molar refractivity (Wildman–Crippen MR) is 352 cm³/mol. The van der Waals surface area contributed by atoms with E-state index in [1.54, 1.807) is 0 Å². The summed E-state index contributed by atoms with van der Waals surface area (Å²) in [6.45, 7) is 0. The van der Waals surface area contributed by atoms with Crippen LogP contribution >= 0.6 is 0 Å². The molecule has 18 rings (SSSR count). The average molecular weight is 1110 g/mol. The van der Waals surface area contributed by atoms with Crippen molar-refractivity contribution in [2.45, 2.75) is 11.6 Å². The Balaban J connectivity index is 0.831. The van der Waals surface area contributed by atoms with Gasteiger partial charge in [0, 0.05) is 38.7 Å². The van der Waals surface area contributed by atoms with E-state index in [0.29, 0.717) is 23.4 Å². The van der Waals surface area contributed by atoms with Crippen molar-refractivity contribution >= 4 is 49.8 Å². The molecule has 8 nitrogen and oxygen atoms in total. The van der Waals surface area contributed by atoms with E-state index in [1.807, 2.05) is 36.4 Å². The highest BCUT2D eigenvalue weighted by Crippen LogP contribution is 2.64. The molecule has 0 radical (unpaired) electrons. The molecular formula is C79H50N8. The van der Waals surface area contributed by atoms with Gasteiger partial charge in [0.1, 0.15) is 17.5 Å². The van der Waals surface area contributed by atoms with Gasteiger partial charge in [-0.3, -0.25) is 4.57 Å². The Morgan fingerprint density at radius 1 is 0.345 bits per heavy atom. The molecule has 0 saturated carbocycles. The van der Waals surface area contributed by atoms with E-state index < -0.39 is 5.41 Å². The zero-order valence-corrected chi connectivity index (χ0v) is 46.9. The van der Waals surface area contributed by atoms with Gasteiger partial charge in [0.25, 0.3) is 0 Å². The lowest BCUT2D eigenvalue weighted by molar-refractivity contribution is 0.794. The van der Waals surface area contributed by atoms with Crippen LogP contribution in [0, 0.1) is 0 Å². The maximum atomic E-state index is 5.64. The summed E-state index contributed by atoms with van der Waals surface area (Å²) in [5, 5.41) is 8.49. The highest BCUT2D eigenvalue weighted by Gasteiger charge is 2.52. The Labute approximate surface area is 502 Å². The minimum atomic E-state index is -0.661. The first-order chi connectivity index (χ1) is 43.1. The van der Waals surface area contributed by atoms with Crippen molar-refractivity contribution in [1.82, 2.24) is 29.5 Å². The van der Waals surface area contributed by atoms with E-state index in [2.05, 4.69) is 270 Å². The fraction of sp³-hybridized carbons (Fsp3) is 0.0253. The molecule has 1 atom stereocenters. The Hall–Kier alpha value is -11.6. The number of benzene rings is 12. The maximum Gasteiger partial charge on any atom is 0.238 e. The van der Waals surface area contributed by atoms with Crippen LogP contribution in [0.4, 0.5) is 17.2 Å². The molecule has 1 spiro atoms. The minimum Gasteiger partial charge on any atom is -0.344 e. The van der Waals surface area contributed by atoms with Gasteiger partial charge in [0.15, 0.2) is 23.3 Å². The van der Waals surface area contributed by atoms with Crippen LogP contribution < -0.4 is 10.2 Å². The number of hydrogen-bond acceptors (Lipinski definition) is 7. The second kappa shape index (κ2) is 19.2. The second-order valence-corrected chi connectivity index (χ2v) is 22.7. The van der Waals surface area contributed by atoms with Crippen LogP contribution in [0.5, 0.6) is 0 Å². The molecule has 2 aliphatic carbocycles. The lowest BCUT2D eigenvalue weighted by Crippen LogP contribution is -2.26. The number of hydrogen-bond donors (Lipinski definition) is 1. The van der Waals surface area contributed by atoms with Crippen LogP contribution in [-0.4, -0.2) is 29.5 Å². The lowest BCUT2D eigenvalue weighted by atomic mass is 9.70. The third-order valence-electron chi connectivity index (χ3n) is 18.1. The monoisotopic (exact) mass is 1110 g/mol. The first kappa shape index (κ1) is 48.9. The fourth-order valence-electron chi connectivity index (χ4n) is 14.3. The Kier molecular flexibility index (Phi) is 10.8. The SMILES string of the molecule is c1ccc(-c2nc(-c3ccccc3)nc(-n3c4ccc(-c5ccc6c(c5)C5(c7ccccc7-c7ccccc75)c5cc(-c7nc8c(c(-c9ccccc9)n7)N(c7ccccc7)C(c7ccccc7)N8)ccc5-6)cc4c4c5ccccc5ccc43)n2)cc1. The molecule has 1 aliphatic heterocycles. The van der Waals surface area contributed by atoms with E-state index in [-0.39, 0.29) is 6.17 Å². The summed E-state index contributed by atoms with van der Waals surface area (Å²) in [6, 6.07) is 104. The van der Waals surface area contributed by atoms with Crippen molar-refractivity contribution in [3.63, 3.8) is 0 Å². The van der Waals surface area contributed by atoms with Gasteiger partial charge in [0.2, 0.25) is 5.95 Å². The molecule has 3 aromatic heterocycles. The molecule has 406 valence electrons. The summed E-state index contributed by atoms with van der Waals surface area (Å²) in [5.74, 6) is 3.22. The van der Waals surface area contributed by atoms with E-state index >= 15 is 0 Å². The summed E-state index contributed by atoms with van der Waals surface area (Å²) in [7, 11) is 0. The number of aromatic nitrogens is 6. The molecule has 0 fully saturated rings. The molecule has 4 heterocycles. The average Bonchev–Trinajstić information content (AvgIpc) is 1.54. The lowest BCUT2D eigenvalue weighted by Gasteiger charge is -2.31. The minimum absolute atomic E-state index is 0.218. The highest BCUT2D eigenvalue weighted by atomic mass is 15.4. The molecule has 87 heavy (non-hydrogen) atoms. The van der Waals surface area contributed by atoms with E-state index in [9.17, 15) is 0 Å². The van der Waals surface area contributed by atoms with Gasteiger partial charge in [-0.25, -0.2) is 15.0 Å². The summed E-state index contributed by atoms with van der Waals surface area (Å²) < 4.78 is 2.23. The number of fused-ring (bicyclic) bond motifs is 16. The molecule has 8 heteroatoms. The first-order valence-electron chi connectivity index (χ1n) is 29.6. The van der Waals surface area contributed by atoms with Crippen molar-refractivity contribution in [2.75, 3.05) is 10.2 Å². The number of nitrogens with one attached hydrogen (secondary N) is 1.